The molecule has 0 unspecified atom stereocenters. The maximum atomic E-state index is 12.4. The Morgan fingerprint density at radius 1 is 1.24 bits per heavy atom. The van der Waals surface area contributed by atoms with Crippen molar-refractivity contribution in [3.8, 4) is 0 Å². The zero-order chi connectivity index (χ0) is 15.5. The smallest absolute Gasteiger partial charge is 0.242 e. The third kappa shape index (κ3) is 4.33. The fourth-order valence-corrected chi connectivity index (χ4v) is 5.25. The summed E-state index contributed by atoms with van der Waals surface area (Å²) in [6.45, 7) is 7.60. The van der Waals surface area contributed by atoms with E-state index in [1.807, 2.05) is 20.8 Å². The molecule has 0 atom stereocenters. The topological polar surface area (TPSA) is 71.1 Å². The van der Waals surface area contributed by atoms with Crippen LogP contribution in [0.2, 0.25) is 0 Å². The van der Waals surface area contributed by atoms with Crippen molar-refractivity contribution in [1.82, 2.24) is 15.0 Å². The summed E-state index contributed by atoms with van der Waals surface area (Å²) in [5, 5.41) is 3.98. The number of aromatic nitrogens is 1. The second kappa shape index (κ2) is 6.97. The van der Waals surface area contributed by atoms with E-state index in [0.29, 0.717) is 11.4 Å². The molecule has 0 bridgehead atoms. The first-order valence-electron chi connectivity index (χ1n) is 6.63. The monoisotopic (exact) mass is 345 g/mol. The maximum Gasteiger partial charge on any atom is 0.242 e. The van der Waals surface area contributed by atoms with E-state index in [2.05, 4.69) is 15.0 Å². The van der Waals surface area contributed by atoms with Crippen LogP contribution >= 0.6 is 22.7 Å². The molecule has 0 aliphatic heterocycles. The van der Waals surface area contributed by atoms with Gasteiger partial charge in [0.15, 0.2) is 0 Å². The SMILES string of the molecule is CCNCc1cc(S(=O)(=O)NCc2ncc(C)s2)c(C)s1. The Kier molecular flexibility index (Phi) is 5.50. The van der Waals surface area contributed by atoms with E-state index in [4.69, 9.17) is 0 Å². The molecule has 2 N–H and O–H groups in total. The van der Waals surface area contributed by atoms with Crippen molar-refractivity contribution < 1.29 is 8.42 Å². The summed E-state index contributed by atoms with van der Waals surface area (Å²) in [7, 11) is -3.48. The van der Waals surface area contributed by atoms with E-state index in [9.17, 15) is 8.42 Å². The lowest BCUT2D eigenvalue weighted by atomic mass is 10.4. The fourth-order valence-electron chi connectivity index (χ4n) is 1.84. The van der Waals surface area contributed by atoms with Gasteiger partial charge in [-0.15, -0.1) is 22.7 Å². The van der Waals surface area contributed by atoms with Crippen molar-refractivity contribution in [3.63, 3.8) is 0 Å². The summed E-state index contributed by atoms with van der Waals surface area (Å²) in [4.78, 5) is 7.45. The molecule has 2 aromatic rings. The van der Waals surface area contributed by atoms with E-state index in [0.717, 1.165) is 26.2 Å². The molecule has 8 heteroatoms. The van der Waals surface area contributed by atoms with Crippen LogP contribution < -0.4 is 10.0 Å². The average molecular weight is 346 g/mol. The van der Waals surface area contributed by atoms with Gasteiger partial charge in [0.2, 0.25) is 10.0 Å². The quantitative estimate of drug-likeness (QED) is 0.808. The largest absolute Gasteiger partial charge is 0.312 e. The predicted molar refractivity (Wildman–Crippen MR) is 87.3 cm³/mol. The number of nitrogens with one attached hydrogen (secondary N) is 2. The summed E-state index contributed by atoms with van der Waals surface area (Å²) < 4.78 is 27.4. The number of hydrogen-bond donors (Lipinski definition) is 2. The number of nitrogens with zero attached hydrogens (tertiary/aromatic N) is 1. The Balaban J connectivity index is 2.09. The molecule has 0 aromatic carbocycles. The molecule has 2 heterocycles. The third-order valence-electron chi connectivity index (χ3n) is 2.84. The van der Waals surface area contributed by atoms with E-state index in [1.165, 1.54) is 22.7 Å². The average Bonchev–Trinajstić information content (AvgIpc) is 3.00. The van der Waals surface area contributed by atoms with Crippen LogP contribution in [0.15, 0.2) is 17.2 Å². The highest BCUT2D eigenvalue weighted by atomic mass is 32.2. The van der Waals surface area contributed by atoms with Crippen molar-refractivity contribution in [2.45, 2.75) is 38.8 Å². The van der Waals surface area contributed by atoms with Crippen molar-refractivity contribution in [2.24, 2.45) is 0 Å². The Labute approximate surface area is 133 Å². The van der Waals surface area contributed by atoms with Gasteiger partial charge in [0.25, 0.3) is 0 Å². The normalized spacial score (nSPS) is 12.0. The molecule has 0 radical (unpaired) electrons. The Bertz CT molecular complexity index is 704. The number of thiazole rings is 1. The molecule has 0 amide bonds. The minimum absolute atomic E-state index is 0.235. The summed E-state index contributed by atoms with van der Waals surface area (Å²) in [6.07, 6.45) is 1.75. The second-order valence-corrected chi connectivity index (χ2v) is 9.00. The lowest BCUT2D eigenvalue weighted by Gasteiger charge is -2.04. The van der Waals surface area contributed by atoms with Crippen LogP contribution in [0.5, 0.6) is 0 Å². The molecule has 0 saturated carbocycles. The highest BCUT2D eigenvalue weighted by Crippen LogP contribution is 2.26. The van der Waals surface area contributed by atoms with Crippen molar-refractivity contribution in [3.05, 3.63) is 31.9 Å². The molecule has 116 valence electrons. The van der Waals surface area contributed by atoms with E-state index in [1.54, 1.807) is 12.3 Å². The van der Waals surface area contributed by atoms with Gasteiger partial charge >= 0.3 is 0 Å². The first kappa shape index (κ1) is 16.6. The molecule has 0 spiro atoms. The molecule has 0 aliphatic rings. The van der Waals surface area contributed by atoms with Crippen LogP contribution in [0.1, 0.15) is 26.6 Å². The minimum atomic E-state index is -3.48. The minimum Gasteiger partial charge on any atom is -0.312 e. The van der Waals surface area contributed by atoms with Gasteiger partial charge in [0.1, 0.15) is 5.01 Å². The van der Waals surface area contributed by atoms with Crippen LogP contribution in [0.4, 0.5) is 0 Å². The predicted octanol–water partition coefficient (Wildman–Crippen LogP) is 2.41. The van der Waals surface area contributed by atoms with Crippen LogP contribution in [0.3, 0.4) is 0 Å². The Morgan fingerprint density at radius 2 is 2.00 bits per heavy atom. The molecule has 5 nitrogen and oxygen atoms in total. The first-order chi connectivity index (χ1) is 9.92. The number of sulfonamides is 1. The second-order valence-electron chi connectivity index (χ2n) is 4.60. The molecular formula is C13H19N3O2S3. The van der Waals surface area contributed by atoms with Gasteiger partial charge in [0.05, 0.1) is 11.4 Å². The molecule has 0 fully saturated rings. The molecular weight excluding hydrogens is 326 g/mol. The number of thiophene rings is 1. The van der Waals surface area contributed by atoms with Gasteiger partial charge in [-0.1, -0.05) is 6.92 Å². The van der Waals surface area contributed by atoms with Gasteiger partial charge in [-0.2, -0.15) is 0 Å². The number of hydrogen-bond acceptors (Lipinski definition) is 6. The number of aryl methyl sites for hydroxylation is 2. The molecule has 2 aromatic heterocycles. The lowest BCUT2D eigenvalue weighted by Crippen LogP contribution is -2.23. The van der Waals surface area contributed by atoms with Gasteiger partial charge in [-0.25, -0.2) is 18.1 Å². The van der Waals surface area contributed by atoms with Gasteiger partial charge in [0, 0.05) is 27.4 Å². The highest BCUT2D eigenvalue weighted by Gasteiger charge is 2.20. The van der Waals surface area contributed by atoms with Crippen LogP contribution in [-0.2, 0) is 23.1 Å². The van der Waals surface area contributed by atoms with Crippen LogP contribution in [-0.4, -0.2) is 19.9 Å². The summed E-state index contributed by atoms with van der Waals surface area (Å²) in [5.74, 6) is 0. The van der Waals surface area contributed by atoms with E-state index < -0.39 is 10.0 Å². The van der Waals surface area contributed by atoms with Gasteiger partial charge in [-0.05, 0) is 26.5 Å². The van der Waals surface area contributed by atoms with Crippen LogP contribution in [0.25, 0.3) is 0 Å². The van der Waals surface area contributed by atoms with Crippen molar-refractivity contribution in [2.75, 3.05) is 6.54 Å². The molecule has 0 aliphatic carbocycles. The van der Waals surface area contributed by atoms with Gasteiger partial charge < -0.3 is 5.32 Å². The van der Waals surface area contributed by atoms with Crippen molar-refractivity contribution >= 4 is 32.7 Å². The third-order valence-corrected chi connectivity index (χ3v) is 6.46. The van der Waals surface area contributed by atoms with Crippen LogP contribution in [0, 0.1) is 13.8 Å². The summed E-state index contributed by atoms with van der Waals surface area (Å²) >= 11 is 3.01. The molecule has 21 heavy (non-hydrogen) atoms. The highest BCUT2D eigenvalue weighted by molar-refractivity contribution is 7.89. The van der Waals surface area contributed by atoms with E-state index in [-0.39, 0.29) is 6.54 Å². The first-order valence-corrected chi connectivity index (χ1v) is 9.75. The maximum absolute atomic E-state index is 12.4. The number of rotatable bonds is 7. The standard InChI is InChI=1S/C13H19N3O2S3/c1-4-14-7-11-5-12(10(3)20-11)21(17,18)16-8-13-15-6-9(2)19-13/h5-6,14,16H,4,7-8H2,1-3H3. The van der Waals surface area contributed by atoms with Crippen molar-refractivity contribution in [1.29, 1.82) is 0 Å². The zero-order valence-electron chi connectivity index (χ0n) is 12.3. The Morgan fingerprint density at radius 3 is 2.62 bits per heavy atom. The molecule has 2 rings (SSSR count). The fraction of sp³-hybridized carbons (Fsp3) is 0.462. The Hall–Kier alpha value is -0.800. The summed E-state index contributed by atoms with van der Waals surface area (Å²) in [5.41, 5.74) is 0. The van der Waals surface area contributed by atoms with Gasteiger partial charge in [-0.3, -0.25) is 0 Å². The lowest BCUT2D eigenvalue weighted by molar-refractivity contribution is 0.581. The van der Waals surface area contributed by atoms with E-state index >= 15 is 0 Å². The summed E-state index contributed by atoms with van der Waals surface area (Å²) in [6, 6.07) is 1.75. The zero-order valence-corrected chi connectivity index (χ0v) is 14.7. The molecule has 0 saturated heterocycles.